The molecule has 1 aromatic carbocycles. The van der Waals surface area contributed by atoms with Crippen molar-refractivity contribution >= 4 is 40.7 Å². The maximum absolute atomic E-state index is 13.1. The van der Waals surface area contributed by atoms with E-state index in [0.717, 1.165) is 57.5 Å². The van der Waals surface area contributed by atoms with Crippen molar-refractivity contribution in [1.82, 2.24) is 9.97 Å². The predicted octanol–water partition coefficient (Wildman–Crippen LogP) is 3.07. The van der Waals surface area contributed by atoms with Crippen molar-refractivity contribution in [2.24, 2.45) is 5.73 Å². The van der Waals surface area contributed by atoms with Gasteiger partial charge < -0.3 is 20.9 Å². The second-order valence-electron chi connectivity index (χ2n) is 7.66. The highest BCUT2D eigenvalue weighted by Crippen LogP contribution is 2.31. The molecule has 3 heterocycles. The van der Waals surface area contributed by atoms with E-state index in [9.17, 15) is 9.59 Å². The summed E-state index contributed by atoms with van der Waals surface area (Å²) in [6.07, 6.45) is 6.97. The molecule has 2 fully saturated rings. The molecule has 2 saturated heterocycles. The number of halogens is 1. The summed E-state index contributed by atoms with van der Waals surface area (Å²) in [5.74, 6) is -0.487. The number of rotatable bonds is 5. The number of nitrogens with one attached hydrogen (secondary N) is 1. The Labute approximate surface area is 180 Å². The summed E-state index contributed by atoms with van der Waals surface area (Å²) < 4.78 is 0. The Morgan fingerprint density at radius 1 is 1.00 bits per heavy atom. The molecule has 8 nitrogen and oxygen atoms in total. The molecule has 0 aliphatic carbocycles. The highest BCUT2D eigenvalue weighted by molar-refractivity contribution is 6.34. The zero-order valence-electron chi connectivity index (χ0n) is 16.7. The van der Waals surface area contributed by atoms with Crippen LogP contribution in [-0.2, 0) is 0 Å². The Kier molecular flexibility index (Phi) is 6.03. The van der Waals surface area contributed by atoms with Crippen molar-refractivity contribution in [1.29, 1.82) is 0 Å². The van der Waals surface area contributed by atoms with E-state index in [4.69, 9.17) is 17.3 Å². The van der Waals surface area contributed by atoms with Gasteiger partial charge in [-0.05, 0) is 50.3 Å². The summed E-state index contributed by atoms with van der Waals surface area (Å²) in [5, 5.41) is 3.08. The summed E-state index contributed by atoms with van der Waals surface area (Å²) in [5.41, 5.74) is 7.28. The van der Waals surface area contributed by atoms with Gasteiger partial charge in [-0.25, -0.2) is 9.97 Å². The van der Waals surface area contributed by atoms with Crippen LogP contribution in [0.3, 0.4) is 0 Å². The third-order valence-corrected chi connectivity index (χ3v) is 5.84. The molecule has 0 atom stereocenters. The molecule has 0 saturated carbocycles. The number of nitrogens with zero attached hydrogens (tertiary/aromatic N) is 4. The molecule has 2 aliphatic heterocycles. The second kappa shape index (κ2) is 8.87. The first kappa shape index (κ1) is 20.4. The van der Waals surface area contributed by atoms with Gasteiger partial charge in [0.2, 0.25) is 11.9 Å². The second-order valence-corrected chi connectivity index (χ2v) is 8.07. The first-order valence-electron chi connectivity index (χ1n) is 10.3. The summed E-state index contributed by atoms with van der Waals surface area (Å²) in [6, 6.07) is 5.13. The summed E-state index contributed by atoms with van der Waals surface area (Å²) in [4.78, 5) is 37.7. The molecule has 9 heteroatoms. The van der Waals surface area contributed by atoms with Crippen LogP contribution in [-0.4, -0.2) is 48.0 Å². The molecule has 2 aliphatic rings. The topological polar surface area (TPSA) is 104 Å². The van der Waals surface area contributed by atoms with Gasteiger partial charge in [-0.2, -0.15) is 0 Å². The third-order valence-electron chi connectivity index (χ3n) is 5.56. The number of amides is 2. The van der Waals surface area contributed by atoms with Gasteiger partial charge in [-0.15, -0.1) is 0 Å². The molecule has 0 radical (unpaired) electrons. The Morgan fingerprint density at radius 2 is 1.67 bits per heavy atom. The largest absolute Gasteiger partial charge is 0.370 e. The third kappa shape index (κ3) is 4.33. The van der Waals surface area contributed by atoms with Crippen molar-refractivity contribution < 1.29 is 9.59 Å². The van der Waals surface area contributed by atoms with Crippen molar-refractivity contribution in [3.8, 4) is 0 Å². The Morgan fingerprint density at radius 3 is 2.37 bits per heavy atom. The maximum Gasteiger partial charge on any atom is 0.276 e. The van der Waals surface area contributed by atoms with Crippen molar-refractivity contribution in [2.75, 3.05) is 41.3 Å². The van der Waals surface area contributed by atoms with Crippen molar-refractivity contribution in [2.45, 2.75) is 32.1 Å². The molecule has 2 aromatic rings. The molecule has 30 heavy (non-hydrogen) atoms. The number of anilines is 3. The number of aromatic nitrogens is 2. The maximum atomic E-state index is 13.1. The number of nitrogens with two attached hydrogens (primary N) is 1. The smallest absolute Gasteiger partial charge is 0.276 e. The van der Waals surface area contributed by atoms with Gasteiger partial charge in [0.1, 0.15) is 0 Å². The van der Waals surface area contributed by atoms with Crippen LogP contribution in [0, 0.1) is 0 Å². The van der Waals surface area contributed by atoms with Gasteiger partial charge >= 0.3 is 0 Å². The van der Waals surface area contributed by atoms with Crippen LogP contribution in [0.1, 0.15) is 53.0 Å². The van der Waals surface area contributed by atoms with Crippen LogP contribution in [0.2, 0.25) is 5.02 Å². The van der Waals surface area contributed by atoms with Gasteiger partial charge in [0.25, 0.3) is 5.91 Å². The lowest BCUT2D eigenvalue weighted by atomic mass is 10.1. The SMILES string of the molecule is NC(=O)c1ccc(N2CCCCC2)c(NC(=O)c2nc(N3CCCC3)ncc2Cl)c1. The normalized spacial score (nSPS) is 16.6. The van der Waals surface area contributed by atoms with E-state index in [2.05, 4.69) is 20.2 Å². The monoisotopic (exact) mass is 428 g/mol. The number of hydrogen-bond acceptors (Lipinski definition) is 6. The molecular formula is C21H25ClN6O2. The summed E-state index contributed by atoms with van der Waals surface area (Å²) >= 11 is 6.25. The minimum Gasteiger partial charge on any atom is -0.370 e. The Bertz CT molecular complexity index is 955. The van der Waals surface area contributed by atoms with Gasteiger partial charge in [0.15, 0.2) is 5.69 Å². The molecule has 4 rings (SSSR count). The van der Waals surface area contributed by atoms with E-state index in [1.54, 1.807) is 12.1 Å². The standard InChI is InChI=1S/C21H25ClN6O2/c22-15-13-24-21(28-10-4-5-11-28)26-18(15)20(30)25-16-12-14(19(23)29)6-7-17(16)27-8-2-1-3-9-27/h6-7,12-13H,1-5,8-11H2,(H2,23,29)(H,25,30). The van der Waals surface area contributed by atoms with Crippen molar-refractivity contribution in [3.63, 3.8) is 0 Å². The van der Waals surface area contributed by atoms with E-state index < -0.39 is 11.8 Å². The van der Waals surface area contributed by atoms with Crippen LogP contribution in [0.5, 0.6) is 0 Å². The summed E-state index contributed by atoms with van der Waals surface area (Å²) in [7, 11) is 0. The van der Waals surface area contributed by atoms with Crippen LogP contribution < -0.4 is 20.9 Å². The lowest BCUT2D eigenvalue weighted by molar-refractivity contribution is 0.0995. The molecule has 0 bridgehead atoms. The Balaban J connectivity index is 1.64. The minimum absolute atomic E-state index is 0.114. The van der Waals surface area contributed by atoms with Gasteiger partial charge in [0.05, 0.1) is 22.6 Å². The zero-order valence-corrected chi connectivity index (χ0v) is 17.5. The first-order chi connectivity index (χ1) is 14.5. The van der Waals surface area contributed by atoms with E-state index in [1.807, 2.05) is 11.0 Å². The van der Waals surface area contributed by atoms with Gasteiger partial charge in [-0.1, -0.05) is 11.6 Å². The van der Waals surface area contributed by atoms with E-state index >= 15 is 0 Å². The quantitative estimate of drug-likeness (QED) is 0.758. The lowest BCUT2D eigenvalue weighted by Gasteiger charge is -2.30. The molecule has 0 unspecified atom stereocenters. The average Bonchev–Trinajstić information content (AvgIpc) is 3.29. The lowest BCUT2D eigenvalue weighted by Crippen LogP contribution is -2.31. The molecular weight excluding hydrogens is 404 g/mol. The molecule has 1 aromatic heterocycles. The first-order valence-corrected chi connectivity index (χ1v) is 10.7. The highest BCUT2D eigenvalue weighted by atomic mass is 35.5. The highest BCUT2D eigenvalue weighted by Gasteiger charge is 2.22. The fourth-order valence-corrected chi connectivity index (χ4v) is 4.14. The molecule has 2 amide bonds. The van der Waals surface area contributed by atoms with Crippen LogP contribution in [0.4, 0.5) is 17.3 Å². The number of primary amides is 1. The molecule has 158 valence electrons. The fraction of sp³-hybridized carbons (Fsp3) is 0.429. The predicted molar refractivity (Wildman–Crippen MR) is 117 cm³/mol. The number of hydrogen-bond donors (Lipinski definition) is 2. The van der Waals surface area contributed by atoms with Crippen molar-refractivity contribution in [3.05, 3.63) is 40.7 Å². The summed E-state index contributed by atoms with van der Waals surface area (Å²) in [6.45, 7) is 3.52. The number of benzene rings is 1. The molecule has 0 spiro atoms. The zero-order chi connectivity index (χ0) is 21.1. The average molecular weight is 429 g/mol. The van der Waals surface area contributed by atoms with Gasteiger partial charge in [0, 0.05) is 31.7 Å². The number of carbonyl (C=O) groups is 2. The molecule has 3 N–H and O–H groups in total. The van der Waals surface area contributed by atoms with Crippen LogP contribution >= 0.6 is 11.6 Å². The van der Waals surface area contributed by atoms with Crippen LogP contribution in [0.15, 0.2) is 24.4 Å². The Hall–Kier alpha value is -2.87. The fourth-order valence-electron chi connectivity index (χ4n) is 3.97. The van der Waals surface area contributed by atoms with Crippen LogP contribution in [0.25, 0.3) is 0 Å². The number of carbonyl (C=O) groups excluding carboxylic acids is 2. The van der Waals surface area contributed by atoms with E-state index in [1.165, 1.54) is 12.6 Å². The van der Waals surface area contributed by atoms with E-state index in [-0.39, 0.29) is 10.7 Å². The van der Waals surface area contributed by atoms with E-state index in [0.29, 0.717) is 17.2 Å². The number of piperidine rings is 1. The minimum atomic E-state index is -0.549. The van der Waals surface area contributed by atoms with Gasteiger partial charge in [-0.3, -0.25) is 9.59 Å².